The maximum Gasteiger partial charge on any atom is 0.491 e. The zero-order valence-corrected chi connectivity index (χ0v) is 25.4. The molecular weight excluding hydrogens is 603 g/mol. The molecule has 0 fully saturated rings. The highest BCUT2D eigenvalue weighted by atomic mass is 19.4. The molecule has 0 spiro atoms. The number of esters is 3. The summed E-state index contributed by atoms with van der Waals surface area (Å²) < 4.78 is 57.1. The summed E-state index contributed by atoms with van der Waals surface area (Å²) in [6.45, 7) is 5.85. The summed E-state index contributed by atoms with van der Waals surface area (Å²) in [5, 5.41) is 11.2. The smallest absolute Gasteiger partial charge is 0.491 e. The maximum absolute atomic E-state index is 13.6. The zero-order valence-electron chi connectivity index (χ0n) is 25.4. The van der Waals surface area contributed by atoms with Gasteiger partial charge in [-0.25, -0.2) is 14.4 Å². The van der Waals surface area contributed by atoms with Crippen molar-refractivity contribution in [2.24, 2.45) is 0 Å². The van der Waals surface area contributed by atoms with Gasteiger partial charge in [0.25, 0.3) is 5.91 Å². The summed E-state index contributed by atoms with van der Waals surface area (Å²) in [4.78, 5) is 63.2. The number of alkyl halides is 3. The first-order chi connectivity index (χ1) is 20.9. The first-order valence-electron chi connectivity index (χ1n) is 13.5. The van der Waals surface area contributed by atoms with Crippen LogP contribution in [0.25, 0.3) is 0 Å². The molecule has 2 aromatic carbocycles. The highest BCUT2D eigenvalue weighted by Gasteiger charge is 2.42. The number of ether oxygens (including phenoxy) is 4. The predicted octanol–water partition coefficient (Wildman–Crippen LogP) is 3.56. The van der Waals surface area contributed by atoms with E-state index in [2.05, 4.69) is 10.1 Å². The van der Waals surface area contributed by atoms with E-state index in [4.69, 9.17) is 19.6 Å². The molecular formula is C30H32F3N3O9. The molecule has 45 heavy (non-hydrogen) atoms. The quantitative estimate of drug-likeness (QED) is 0.224. The van der Waals surface area contributed by atoms with Gasteiger partial charge in [-0.15, -0.1) is 0 Å². The number of rotatable bonds is 10. The van der Waals surface area contributed by atoms with Crippen LogP contribution < -0.4 is 14.8 Å². The zero-order chi connectivity index (χ0) is 33.9. The Kier molecular flexibility index (Phi) is 10.3. The molecule has 2 aromatic rings. The van der Waals surface area contributed by atoms with Crippen molar-refractivity contribution in [2.45, 2.75) is 45.8 Å². The fourth-order valence-corrected chi connectivity index (χ4v) is 4.50. The van der Waals surface area contributed by atoms with Crippen LogP contribution in [0, 0.1) is 5.41 Å². The number of carbonyl (C=O) groups excluding carboxylic acids is 5. The highest BCUT2D eigenvalue weighted by molar-refractivity contribution is 6.08. The van der Waals surface area contributed by atoms with Crippen molar-refractivity contribution in [3.8, 4) is 11.5 Å². The SMILES string of the molecule is CCOc1cc2c(cc1C(=O)NC)C(=N)N(CC(=O)c1cc(C(=O)OC)c(OCC(=O)OC(=O)C(F)(F)F)c(C(C)(C)C)c1)C2. The molecule has 1 aliphatic heterocycles. The molecule has 2 N–H and O–H groups in total. The minimum atomic E-state index is -5.41. The molecule has 0 saturated carbocycles. The van der Waals surface area contributed by atoms with Gasteiger partial charge in [-0.2, -0.15) is 13.2 Å². The Morgan fingerprint density at radius 2 is 1.67 bits per heavy atom. The summed E-state index contributed by atoms with van der Waals surface area (Å²) in [5.74, 6) is -6.22. The number of amides is 1. The lowest BCUT2D eigenvalue weighted by Gasteiger charge is -2.25. The second kappa shape index (κ2) is 13.4. The van der Waals surface area contributed by atoms with Gasteiger partial charge in [0.15, 0.2) is 12.4 Å². The number of carbonyl (C=O) groups is 5. The first-order valence-corrected chi connectivity index (χ1v) is 13.5. The molecule has 0 atom stereocenters. The monoisotopic (exact) mass is 635 g/mol. The van der Waals surface area contributed by atoms with Crippen LogP contribution in [0.3, 0.4) is 0 Å². The Morgan fingerprint density at radius 1 is 1.00 bits per heavy atom. The average molecular weight is 636 g/mol. The van der Waals surface area contributed by atoms with E-state index in [0.29, 0.717) is 23.5 Å². The van der Waals surface area contributed by atoms with E-state index in [1.165, 1.54) is 24.1 Å². The van der Waals surface area contributed by atoms with Crippen LogP contribution in [-0.4, -0.2) is 80.4 Å². The number of halogens is 3. The molecule has 1 amide bonds. The number of methoxy groups -OCH3 is 1. The van der Waals surface area contributed by atoms with E-state index >= 15 is 0 Å². The fourth-order valence-electron chi connectivity index (χ4n) is 4.50. The molecule has 0 saturated heterocycles. The summed E-state index contributed by atoms with van der Waals surface area (Å²) in [6, 6.07) is 5.72. The van der Waals surface area contributed by atoms with Gasteiger partial charge in [-0.05, 0) is 42.2 Å². The number of hydrogen-bond acceptors (Lipinski definition) is 10. The second-order valence-electron chi connectivity index (χ2n) is 10.8. The van der Waals surface area contributed by atoms with Crippen LogP contribution in [0.2, 0.25) is 0 Å². The molecule has 0 aliphatic carbocycles. The third-order valence-electron chi connectivity index (χ3n) is 6.64. The Bertz CT molecular complexity index is 1560. The Hall–Kier alpha value is -4.95. The lowest BCUT2D eigenvalue weighted by atomic mass is 9.83. The minimum absolute atomic E-state index is 0.0114. The number of benzene rings is 2. The summed E-state index contributed by atoms with van der Waals surface area (Å²) >= 11 is 0. The molecule has 0 radical (unpaired) electrons. The van der Waals surface area contributed by atoms with Crippen molar-refractivity contribution in [1.82, 2.24) is 10.2 Å². The minimum Gasteiger partial charge on any atom is -0.493 e. The Balaban J connectivity index is 1.94. The number of fused-ring (bicyclic) bond motifs is 1. The number of amidine groups is 1. The lowest BCUT2D eigenvalue weighted by Crippen LogP contribution is -2.31. The molecule has 15 heteroatoms. The highest BCUT2D eigenvalue weighted by Crippen LogP contribution is 2.37. The topological polar surface area (TPSA) is 161 Å². The molecule has 0 unspecified atom stereocenters. The van der Waals surface area contributed by atoms with E-state index in [9.17, 15) is 37.1 Å². The summed E-state index contributed by atoms with van der Waals surface area (Å²) in [5.41, 5.74) is 0.426. The van der Waals surface area contributed by atoms with Crippen molar-refractivity contribution < 1.29 is 56.1 Å². The van der Waals surface area contributed by atoms with Crippen LogP contribution in [-0.2, 0) is 31.0 Å². The van der Waals surface area contributed by atoms with Gasteiger partial charge >= 0.3 is 24.1 Å². The Labute approximate surface area is 256 Å². The number of Topliss-reactive ketones (excluding diaryl/α,β-unsaturated/α-hetero) is 1. The molecule has 242 valence electrons. The first kappa shape index (κ1) is 34.5. The van der Waals surface area contributed by atoms with Gasteiger partial charge in [-0.3, -0.25) is 15.0 Å². The second-order valence-corrected chi connectivity index (χ2v) is 10.8. The third-order valence-corrected chi connectivity index (χ3v) is 6.64. The largest absolute Gasteiger partial charge is 0.493 e. The van der Waals surface area contributed by atoms with Crippen molar-refractivity contribution in [1.29, 1.82) is 5.41 Å². The average Bonchev–Trinajstić information content (AvgIpc) is 3.26. The maximum atomic E-state index is 13.6. The van der Waals surface area contributed by atoms with Gasteiger partial charge in [-0.1, -0.05) is 20.8 Å². The molecule has 1 heterocycles. The Morgan fingerprint density at radius 3 is 2.22 bits per heavy atom. The van der Waals surface area contributed by atoms with Crippen molar-refractivity contribution in [2.75, 3.05) is 33.9 Å². The van der Waals surface area contributed by atoms with E-state index in [1.54, 1.807) is 33.8 Å². The molecule has 12 nitrogen and oxygen atoms in total. The van der Waals surface area contributed by atoms with Gasteiger partial charge in [0.2, 0.25) is 0 Å². The summed E-state index contributed by atoms with van der Waals surface area (Å²) in [7, 11) is 2.52. The van der Waals surface area contributed by atoms with Crippen LogP contribution in [0.5, 0.6) is 11.5 Å². The standard InChI is InChI=1S/C30H32F3N3O9/c1-7-43-22-10-16-12-36(25(34)17(16)11-18(22)26(39)35-5)13-21(37)15-8-19(27(40)42-6)24(20(9-15)29(2,3)4)44-14-23(38)45-28(41)30(31,32)33/h8-11,34H,7,12-14H2,1-6H3,(H,35,39). The fraction of sp³-hybridized carbons (Fsp3) is 0.400. The molecule has 1 aliphatic rings. The molecule has 0 aromatic heterocycles. The van der Waals surface area contributed by atoms with E-state index in [0.717, 1.165) is 13.2 Å². The number of nitrogens with one attached hydrogen (secondary N) is 2. The van der Waals surface area contributed by atoms with Crippen LogP contribution in [0.15, 0.2) is 24.3 Å². The van der Waals surface area contributed by atoms with E-state index in [1.807, 2.05) is 0 Å². The molecule has 0 bridgehead atoms. The van der Waals surface area contributed by atoms with Crippen molar-refractivity contribution >= 4 is 35.4 Å². The van der Waals surface area contributed by atoms with Gasteiger partial charge in [0.1, 0.15) is 22.9 Å². The number of hydrogen-bond donors (Lipinski definition) is 2. The van der Waals surface area contributed by atoms with Crippen LogP contribution in [0.1, 0.15) is 75.5 Å². The van der Waals surface area contributed by atoms with Crippen LogP contribution in [0.4, 0.5) is 13.2 Å². The lowest BCUT2D eigenvalue weighted by molar-refractivity contribution is -0.202. The van der Waals surface area contributed by atoms with Crippen LogP contribution >= 0.6 is 0 Å². The number of nitrogens with zero attached hydrogens (tertiary/aromatic N) is 1. The van der Waals surface area contributed by atoms with Crippen molar-refractivity contribution in [3.63, 3.8) is 0 Å². The summed E-state index contributed by atoms with van der Waals surface area (Å²) in [6.07, 6.45) is -5.41. The normalized spacial score (nSPS) is 12.7. The third kappa shape index (κ3) is 7.77. The van der Waals surface area contributed by atoms with Gasteiger partial charge < -0.3 is 29.2 Å². The van der Waals surface area contributed by atoms with E-state index < -0.39 is 47.8 Å². The van der Waals surface area contributed by atoms with Gasteiger partial charge in [0.05, 0.1) is 25.8 Å². The van der Waals surface area contributed by atoms with E-state index in [-0.39, 0.29) is 46.9 Å². The van der Waals surface area contributed by atoms with Crippen molar-refractivity contribution in [3.05, 3.63) is 57.6 Å². The van der Waals surface area contributed by atoms with Gasteiger partial charge in [0, 0.05) is 30.3 Å². The predicted molar refractivity (Wildman–Crippen MR) is 152 cm³/mol. The number of ketones is 1. The molecule has 3 rings (SSSR count).